The van der Waals surface area contributed by atoms with E-state index in [1.807, 2.05) is 33.8 Å². The van der Waals surface area contributed by atoms with Crippen molar-refractivity contribution in [3.63, 3.8) is 0 Å². The number of halogens is 1. The Kier molecular flexibility index (Phi) is 9.25. The lowest BCUT2D eigenvalue weighted by Crippen LogP contribution is -2.55. The second kappa shape index (κ2) is 11.4. The molecule has 0 unspecified atom stereocenters. The minimum absolute atomic E-state index is 0.000490. The minimum Gasteiger partial charge on any atom is -0.350 e. The van der Waals surface area contributed by atoms with Crippen LogP contribution in [0.25, 0.3) is 0 Å². The number of benzene rings is 2. The average Bonchev–Trinajstić information content (AvgIpc) is 2.76. The third-order valence-corrected chi connectivity index (χ3v) is 7.39. The molecule has 10 heteroatoms. The Hall–Kier alpha value is -2.98. The van der Waals surface area contributed by atoms with E-state index in [1.54, 1.807) is 26.0 Å². The summed E-state index contributed by atoms with van der Waals surface area (Å²) in [5.41, 5.74) is 1.97. The minimum atomic E-state index is -4.04. The van der Waals surface area contributed by atoms with Crippen molar-refractivity contribution in [1.82, 2.24) is 14.5 Å². The van der Waals surface area contributed by atoms with E-state index in [4.69, 9.17) is 0 Å². The standard InChI is InChI=1S/C26H37FN4O4S/c1-18-9-10-19(2)23(15-18)31(36(34,35)29(7)8)17-24(32)30(16-21-11-13-22(27)14-12-21)20(3)25(33)28-26(4,5)6/h9-15,20H,16-17H2,1-8H3,(H,28,33)/t20-/m0/s1. The smallest absolute Gasteiger partial charge is 0.304 e. The first-order valence-corrected chi connectivity index (χ1v) is 13.1. The quantitative estimate of drug-likeness (QED) is 0.549. The number of rotatable bonds is 9. The summed E-state index contributed by atoms with van der Waals surface area (Å²) in [5.74, 6) is -1.37. The first-order chi connectivity index (χ1) is 16.5. The van der Waals surface area contributed by atoms with E-state index in [0.717, 1.165) is 14.2 Å². The molecule has 1 N–H and O–H groups in total. The second-order valence-corrected chi connectivity index (χ2v) is 12.2. The number of aryl methyl sites for hydroxylation is 2. The van der Waals surface area contributed by atoms with E-state index >= 15 is 0 Å². The molecule has 0 aliphatic carbocycles. The molecule has 0 aliphatic heterocycles. The lowest BCUT2D eigenvalue weighted by Gasteiger charge is -2.34. The highest BCUT2D eigenvalue weighted by Crippen LogP contribution is 2.26. The van der Waals surface area contributed by atoms with Crippen LogP contribution in [-0.2, 0) is 26.3 Å². The molecule has 0 fully saturated rings. The molecular formula is C26H37FN4O4S. The average molecular weight is 521 g/mol. The Balaban J connectivity index is 2.51. The Bertz CT molecular complexity index is 1190. The first kappa shape index (κ1) is 29.3. The number of anilines is 1. The summed E-state index contributed by atoms with van der Waals surface area (Å²) >= 11 is 0. The molecule has 0 aliphatic rings. The number of amides is 2. The Morgan fingerprint density at radius 1 is 1.03 bits per heavy atom. The van der Waals surface area contributed by atoms with Gasteiger partial charge >= 0.3 is 10.2 Å². The summed E-state index contributed by atoms with van der Waals surface area (Å²) in [5, 5.41) is 2.87. The summed E-state index contributed by atoms with van der Waals surface area (Å²) < 4.78 is 42.2. The highest BCUT2D eigenvalue weighted by molar-refractivity contribution is 7.90. The maximum absolute atomic E-state index is 13.7. The van der Waals surface area contributed by atoms with Crippen molar-refractivity contribution >= 4 is 27.7 Å². The fourth-order valence-corrected chi connectivity index (χ4v) is 4.65. The molecule has 0 saturated heterocycles. The van der Waals surface area contributed by atoms with E-state index in [0.29, 0.717) is 16.8 Å². The number of carbonyl (C=O) groups is 2. The van der Waals surface area contributed by atoms with Crippen molar-refractivity contribution < 1.29 is 22.4 Å². The van der Waals surface area contributed by atoms with Crippen molar-refractivity contribution in [2.75, 3.05) is 24.9 Å². The Labute approximate surface area is 214 Å². The van der Waals surface area contributed by atoms with Crippen LogP contribution in [0.5, 0.6) is 0 Å². The third kappa shape index (κ3) is 7.51. The highest BCUT2D eigenvalue weighted by atomic mass is 32.2. The number of nitrogens with one attached hydrogen (secondary N) is 1. The van der Waals surface area contributed by atoms with Gasteiger partial charge in [0.2, 0.25) is 11.8 Å². The molecule has 0 heterocycles. The van der Waals surface area contributed by atoms with E-state index in [9.17, 15) is 22.4 Å². The molecular weight excluding hydrogens is 483 g/mol. The van der Waals surface area contributed by atoms with Gasteiger partial charge in [-0.15, -0.1) is 0 Å². The highest BCUT2D eigenvalue weighted by Gasteiger charge is 2.34. The van der Waals surface area contributed by atoms with Crippen LogP contribution in [0.4, 0.5) is 10.1 Å². The van der Waals surface area contributed by atoms with E-state index in [2.05, 4.69) is 5.32 Å². The first-order valence-electron chi connectivity index (χ1n) is 11.7. The molecule has 2 amide bonds. The lowest BCUT2D eigenvalue weighted by molar-refractivity contribution is -0.140. The zero-order chi connectivity index (χ0) is 27.4. The van der Waals surface area contributed by atoms with Crippen LogP contribution >= 0.6 is 0 Å². The molecule has 0 radical (unpaired) electrons. The Morgan fingerprint density at radius 3 is 2.14 bits per heavy atom. The van der Waals surface area contributed by atoms with Gasteiger partial charge in [-0.3, -0.25) is 9.59 Å². The van der Waals surface area contributed by atoms with Gasteiger partial charge in [0.25, 0.3) is 0 Å². The zero-order valence-electron chi connectivity index (χ0n) is 22.3. The zero-order valence-corrected chi connectivity index (χ0v) is 23.1. The van der Waals surface area contributed by atoms with Crippen molar-refractivity contribution in [1.29, 1.82) is 0 Å². The normalized spacial score (nSPS) is 12.8. The number of carbonyl (C=O) groups excluding carboxylic acids is 2. The fraction of sp³-hybridized carbons (Fsp3) is 0.462. The van der Waals surface area contributed by atoms with Crippen molar-refractivity contribution in [3.05, 3.63) is 65.0 Å². The van der Waals surface area contributed by atoms with Gasteiger partial charge in [-0.05, 0) is 76.4 Å². The summed E-state index contributed by atoms with van der Waals surface area (Å²) in [6.45, 7) is 10.2. The van der Waals surface area contributed by atoms with Gasteiger partial charge in [0.15, 0.2) is 0 Å². The summed E-state index contributed by atoms with van der Waals surface area (Å²) in [6.07, 6.45) is 0. The molecule has 198 valence electrons. The van der Waals surface area contributed by atoms with Crippen LogP contribution in [-0.4, -0.2) is 61.7 Å². The predicted octanol–water partition coefficient (Wildman–Crippen LogP) is 3.39. The molecule has 36 heavy (non-hydrogen) atoms. The summed E-state index contributed by atoms with van der Waals surface area (Å²) in [6, 6.07) is 10.1. The number of hydrogen-bond acceptors (Lipinski definition) is 4. The van der Waals surface area contributed by atoms with Gasteiger partial charge in [-0.2, -0.15) is 12.7 Å². The molecule has 2 aromatic carbocycles. The van der Waals surface area contributed by atoms with Gasteiger partial charge in [-0.1, -0.05) is 24.3 Å². The van der Waals surface area contributed by atoms with Crippen LogP contribution in [0.15, 0.2) is 42.5 Å². The molecule has 0 spiro atoms. The molecule has 2 rings (SSSR count). The van der Waals surface area contributed by atoms with Crippen molar-refractivity contribution in [2.24, 2.45) is 0 Å². The summed E-state index contributed by atoms with van der Waals surface area (Å²) in [7, 11) is -1.25. The summed E-state index contributed by atoms with van der Waals surface area (Å²) in [4.78, 5) is 28.0. The fourth-order valence-electron chi connectivity index (χ4n) is 3.53. The van der Waals surface area contributed by atoms with Gasteiger partial charge in [0.1, 0.15) is 18.4 Å². The SMILES string of the molecule is Cc1ccc(C)c(N(CC(=O)N(Cc2ccc(F)cc2)[C@@H](C)C(=O)NC(C)(C)C)S(=O)(=O)N(C)C)c1. The van der Waals surface area contributed by atoms with Crippen LogP contribution in [0, 0.1) is 19.7 Å². The van der Waals surface area contributed by atoms with Crippen LogP contribution in [0.2, 0.25) is 0 Å². The van der Waals surface area contributed by atoms with Crippen molar-refractivity contribution in [2.45, 2.75) is 59.7 Å². The van der Waals surface area contributed by atoms with Gasteiger partial charge in [0.05, 0.1) is 5.69 Å². The molecule has 2 aromatic rings. The van der Waals surface area contributed by atoms with Crippen LogP contribution in [0.3, 0.4) is 0 Å². The monoisotopic (exact) mass is 520 g/mol. The van der Waals surface area contributed by atoms with Crippen LogP contribution < -0.4 is 9.62 Å². The maximum atomic E-state index is 13.7. The molecule has 0 aromatic heterocycles. The Morgan fingerprint density at radius 2 is 1.61 bits per heavy atom. The van der Waals surface area contributed by atoms with Gasteiger partial charge < -0.3 is 10.2 Å². The number of hydrogen-bond donors (Lipinski definition) is 1. The van der Waals surface area contributed by atoms with Crippen LogP contribution in [0.1, 0.15) is 44.4 Å². The molecule has 0 bridgehead atoms. The second-order valence-electron chi connectivity index (χ2n) is 10.2. The molecule has 1 atom stereocenters. The van der Waals surface area contributed by atoms with Gasteiger partial charge in [-0.25, -0.2) is 8.70 Å². The topological polar surface area (TPSA) is 90.0 Å². The lowest BCUT2D eigenvalue weighted by atomic mass is 10.1. The molecule has 0 saturated carbocycles. The predicted molar refractivity (Wildman–Crippen MR) is 140 cm³/mol. The van der Waals surface area contributed by atoms with E-state index in [-0.39, 0.29) is 12.5 Å². The molecule has 8 nitrogen and oxygen atoms in total. The van der Waals surface area contributed by atoms with Gasteiger partial charge in [0, 0.05) is 26.2 Å². The van der Waals surface area contributed by atoms with E-state index in [1.165, 1.54) is 43.3 Å². The van der Waals surface area contributed by atoms with Crippen molar-refractivity contribution in [3.8, 4) is 0 Å². The largest absolute Gasteiger partial charge is 0.350 e. The maximum Gasteiger partial charge on any atom is 0.304 e. The number of nitrogens with zero attached hydrogens (tertiary/aromatic N) is 3. The third-order valence-electron chi connectivity index (χ3n) is 5.58. The van der Waals surface area contributed by atoms with E-state index < -0.39 is 40.1 Å².